The van der Waals surface area contributed by atoms with E-state index < -0.39 is 0 Å². The summed E-state index contributed by atoms with van der Waals surface area (Å²) in [6.45, 7) is 5.71. The molecule has 0 aromatic heterocycles. The molecule has 1 unspecified atom stereocenters. The second-order valence-corrected chi connectivity index (χ2v) is 5.38. The summed E-state index contributed by atoms with van der Waals surface area (Å²) in [7, 11) is 1.59. The Balaban J connectivity index is 2.56. The summed E-state index contributed by atoms with van der Waals surface area (Å²) in [6, 6.07) is 7.28. The van der Waals surface area contributed by atoms with E-state index in [-0.39, 0.29) is 11.8 Å². The van der Waals surface area contributed by atoms with E-state index >= 15 is 0 Å². The number of anilines is 1. The molecule has 21 heavy (non-hydrogen) atoms. The van der Waals surface area contributed by atoms with Gasteiger partial charge in [0.05, 0.1) is 18.6 Å². The van der Waals surface area contributed by atoms with Crippen LogP contribution in [0, 0.1) is 5.92 Å². The van der Waals surface area contributed by atoms with Crippen LogP contribution in [-0.2, 0) is 4.79 Å². The van der Waals surface area contributed by atoms with Gasteiger partial charge in [-0.3, -0.25) is 9.69 Å². The highest BCUT2D eigenvalue weighted by Crippen LogP contribution is 2.16. The average Bonchev–Trinajstić information content (AvgIpc) is 2.46. The monoisotopic (exact) mass is 309 g/mol. The Morgan fingerprint density at radius 2 is 2.24 bits per heavy atom. The lowest BCUT2D eigenvalue weighted by molar-refractivity contribution is -0.117. The first-order valence-electron chi connectivity index (χ1n) is 6.91. The number of methoxy groups -OCH3 is 1. The molecule has 6 heteroatoms. The summed E-state index contributed by atoms with van der Waals surface area (Å²) in [5, 5.41) is 2.86. The highest BCUT2D eigenvalue weighted by atomic mass is 32.1. The van der Waals surface area contributed by atoms with Crippen molar-refractivity contribution in [2.24, 2.45) is 11.7 Å². The third kappa shape index (κ3) is 6.10. The van der Waals surface area contributed by atoms with Crippen LogP contribution in [0.3, 0.4) is 0 Å². The van der Waals surface area contributed by atoms with Crippen LogP contribution in [0.25, 0.3) is 0 Å². The molecule has 0 heterocycles. The number of carbonyl (C=O) groups is 1. The molecule has 1 aromatic carbocycles. The topological polar surface area (TPSA) is 67.6 Å². The predicted octanol–water partition coefficient (Wildman–Crippen LogP) is 1.88. The van der Waals surface area contributed by atoms with E-state index in [2.05, 4.69) is 5.32 Å². The summed E-state index contributed by atoms with van der Waals surface area (Å²) < 4.78 is 5.13. The molecule has 0 spiro atoms. The summed E-state index contributed by atoms with van der Waals surface area (Å²) in [4.78, 5) is 14.6. The number of nitrogens with one attached hydrogen (secondary N) is 1. The normalized spacial score (nSPS) is 12.0. The average molecular weight is 309 g/mol. The van der Waals surface area contributed by atoms with Crippen LogP contribution >= 0.6 is 12.2 Å². The van der Waals surface area contributed by atoms with Gasteiger partial charge in [0.25, 0.3) is 0 Å². The van der Waals surface area contributed by atoms with E-state index in [4.69, 9.17) is 22.7 Å². The summed E-state index contributed by atoms with van der Waals surface area (Å²) in [6.07, 6.45) is 0. The number of hydrogen-bond donors (Lipinski definition) is 2. The van der Waals surface area contributed by atoms with Crippen molar-refractivity contribution in [2.45, 2.75) is 13.8 Å². The van der Waals surface area contributed by atoms with Crippen molar-refractivity contribution in [2.75, 3.05) is 32.1 Å². The van der Waals surface area contributed by atoms with Gasteiger partial charge in [0.15, 0.2) is 0 Å². The maximum atomic E-state index is 12.1. The molecule has 0 saturated carbocycles. The van der Waals surface area contributed by atoms with Crippen LogP contribution in [0.15, 0.2) is 24.3 Å². The van der Waals surface area contributed by atoms with Crippen molar-refractivity contribution < 1.29 is 9.53 Å². The maximum absolute atomic E-state index is 12.1. The molecule has 0 aliphatic carbocycles. The molecular formula is C15H23N3O2S. The van der Waals surface area contributed by atoms with Gasteiger partial charge in [0, 0.05) is 24.2 Å². The van der Waals surface area contributed by atoms with Gasteiger partial charge in [-0.05, 0) is 18.7 Å². The molecule has 0 aliphatic heterocycles. The molecule has 1 aromatic rings. The Labute approximate surface area is 131 Å². The fraction of sp³-hybridized carbons (Fsp3) is 0.467. The third-order valence-electron chi connectivity index (χ3n) is 3.19. The Hall–Kier alpha value is -1.66. The minimum Gasteiger partial charge on any atom is -0.497 e. The first-order valence-corrected chi connectivity index (χ1v) is 7.32. The van der Waals surface area contributed by atoms with E-state index in [1.54, 1.807) is 13.2 Å². The van der Waals surface area contributed by atoms with Gasteiger partial charge in [-0.15, -0.1) is 0 Å². The Morgan fingerprint density at radius 3 is 2.81 bits per heavy atom. The van der Waals surface area contributed by atoms with E-state index in [1.165, 1.54) is 0 Å². The number of thiocarbonyl (C=S) groups is 1. The highest BCUT2D eigenvalue weighted by Gasteiger charge is 2.14. The number of nitrogens with zero attached hydrogens (tertiary/aromatic N) is 1. The van der Waals surface area contributed by atoms with Crippen LogP contribution in [0.5, 0.6) is 5.75 Å². The lowest BCUT2D eigenvalue weighted by atomic mass is 10.1. The van der Waals surface area contributed by atoms with Crippen LogP contribution in [0.4, 0.5) is 5.69 Å². The number of likely N-dealkylation sites (N-methyl/N-ethyl adjacent to an activating group) is 1. The highest BCUT2D eigenvalue weighted by molar-refractivity contribution is 7.80. The maximum Gasteiger partial charge on any atom is 0.238 e. The fourth-order valence-electron chi connectivity index (χ4n) is 1.89. The third-order valence-corrected chi connectivity index (χ3v) is 3.59. The zero-order chi connectivity index (χ0) is 15.8. The van der Waals surface area contributed by atoms with Crippen LogP contribution in [0.1, 0.15) is 13.8 Å². The summed E-state index contributed by atoms with van der Waals surface area (Å²) in [5.74, 6) is 0.729. The number of nitrogens with two attached hydrogens (primary N) is 1. The standard InChI is InChI=1S/C15H23N3O2S/c1-4-18(9-11(2)15(16)21)10-14(19)17-12-6-5-7-13(8-12)20-3/h5-8,11H,4,9-10H2,1-3H3,(H2,16,21)(H,17,19). The molecule has 0 aliphatic rings. The van der Waals surface area contributed by atoms with Gasteiger partial charge >= 0.3 is 0 Å². The molecule has 0 bridgehead atoms. The second kappa shape index (κ2) is 8.59. The molecule has 0 fully saturated rings. The first-order chi connectivity index (χ1) is 9.96. The van der Waals surface area contributed by atoms with Gasteiger partial charge in [-0.2, -0.15) is 0 Å². The van der Waals surface area contributed by atoms with Crippen molar-refractivity contribution in [3.8, 4) is 5.75 Å². The van der Waals surface area contributed by atoms with Crippen LogP contribution in [-0.4, -0.2) is 42.5 Å². The molecule has 5 nitrogen and oxygen atoms in total. The molecule has 0 radical (unpaired) electrons. The molecule has 1 amide bonds. The SMILES string of the molecule is CCN(CC(=O)Nc1cccc(OC)c1)CC(C)C(N)=S. The van der Waals surface area contributed by atoms with Gasteiger partial charge in [-0.1, -0.05) is 32.1 Å². The van der Waals surface area contributed by atoms with Crippen LogP contribution < -0.4 is 15.8 Å². The zero-order valence-corrected chi connectivity index (χ0v) is 13.6. The van der Waals surface area contributed by atoms with Crippen molar-refractivity contribution >= 4 is 28.8 Å². The molecule has 3 N–H and O–H groups in total. The summed E-state index contributed by atoms with van der Waals surface area (Å²) >= 11 is 4.97. The predicted molar refractivity (Wildman–Crippen MR) is 89.7 cm³/mol. The number of hydrogen-bond acceptors (Lipinski definition) is 4. The first kappa shape index (κ1) is 17.4. The molecular weight excluding hydrogens is 286 g/mol. The van der Waals surface area contributed by atoms with Crippen molar-refractivity contribution in [3.63, 3.8) is 0 Å². The number of benzene rings is 1. The van der Waals surface area contributed by atoms with Crippen molar-refractivity contribution in [1.29, 1.82) is 0 Å². The van der Waals surface area contributed by atoms with E-state index in [9.17, 15) is 4.79 Å². The quantitative estimate of drug-likeness (QED) is 0.718. The lowest BCUT2D eigenvalue weighted by Gasteiger charge is -2.23. The van der Waals surface area contributed by atoms with Gasteiger partial charge in [-0.25, -0.2) is 0 Å². The number of ether oxygens (including phenoxy) is 1. The molecule has 1 rings (SSSR count). The lowest BCUT2D eigenvalue weighted by Crippen LogP contribution is -2.38. The second-order valence-electron chi connectivity index (χ2n) is 4.91. The Bertz CT molecular complexity index is 494. The van der Waals surface area contributed by atoms with E-state index in [0.29, 0.717) is 23.8 Å². The van der Waals surface area contributed by atoms with Crippen molar-refractivity contribution in [1.82, 2.24) is 4.90 Å². The molecule has 0 saturated heterocycles. The smallest absolute Gasteiger partial charge is 0.238 e. The number of rotatable bonds is 8. The number of amides is 1. The van der Waals surface area contributed by atoms with Gasteiger partial charge in [0.1, 0.15) is 5.75 Å². The zero-order valence-electron chi connectivity index (χ0n) is 12.8. The largest absolute Gasteiger partial charge is 0.497 e. The fourth-order valence-corrected chi connectivity index (χ4v) is 1.96. The van der Waals surface area contributed by atoms with Crippen LogP contribution in [0.2, 0.25) is 0 Å². The summed E-state index contributed by atoms with van der Waals surface area (Å²) in [5.41, 5.74) is 6.34. The minimum absolute atomic E-state index is 0.0692. The number of carbonyl (C=O) groups excluding carboxylic acids is 1. The van der Waals surface area contributed by atoms with E-state index in [1.807, 2.05) is 36.9 Å². The Kier molecular flexibility index (Phi) is 7.11. The minimum atomic E-state index is -0.0692. The molecule has 116 valence electrons. The molecule has 1 atom stereocenters. The van der Waals surface area contributed by atoms with Gasteiger partial charge < -0.3 is 15.8 Å². The van der Waals surface area contributed by atoms with E-state index in [0.717, 1.165) is 12.2 Å². The van der Waals surface area contributed by atoms with Gasteiger partial charge in [0.2, 0.25) is 5.91 Å². The van der Waals surface area contributed by atoms with Crippen molar-refractivity contribution in [3.05, 3.63) is 24.3 Å². The Morgan fingerprint density at radius 1 is 1.52 bits per heavy atom.